The van der Waals surface area contributed by atoms with Crippen molar-refractivity contribution in [3.8, 4) is 0 Å². The second-order valence-corrected chi connectivity index (χ2v) is 5.08. The van der Waals surface area contributed by atoms with Crippen molar-refractivity contribution in [3.63, 3.8) is 0 Å². The van der Waals surface area contributed by atoms with Crippen LogP contribution in [-0.2, 0) is 10.5 Å². The summed E-state index contributed by atoms with van der Waals surface area (Å²) < 4.78 is 0. The van der Waals surface area contributed by atoms with Gasteiger partial charge < -0.3 is 10.0 Å². The van der Waals surface area contributed by atoms with Gasteiger partial charge in [-0.15, -0.1) is 11.8 Å². The van der Waals surface area contributed by atoms with E-state index in [-0.39, 0.29) is 12.5 Å². The molecule has 0 saturated heterocycles. The zero-order valence-corrected chi connectivity index (χ0v) is 11.3. The predicted octanol–water partition coefficient (Wildman–Crippen LogP) is 2.02. The van der Waals surface area contributed by atoms with Gasteiger partial charge in [-0.1, -0.05) is 23.7 Å². The van der Waals surface area contributed by atoms with Crippen molar-refractivity contribution in [2.75, 3.05) is 26.0 Å². The highest BCUT2D eigenvalue weighted by atomic mass is 35.5. The summed E-state index contributed by atoms with van der Waals surface area (Å²) in [6, 6.07) is 7.60. The van der Waals surface area contributed by atoms with Crippen molar-refractivity contribution >= 4 is 29.3 Å². The van der Waals surface area contributed by atoms with Gasteiger partial charge in [0.15, 0.2) is 0 Å². The molecular formula is C12H16ClNO2S. The molecule has 0 unspecified atom stereocenters. The van der Waals surface area contributed by atoms with Gasteiger partial charge in [-0.05, 0) is 17.7 Å². The minimum atomic E-state index is 0.00406. The summed E-state index contributed by atoms with van der Waals surface area (Å²) in [6.07, 6.45) is 0. The van der Waals surface area contributed by atoms with Crippen LogP contribution in [0.15, 0.2) is 24.3 Å². The fourth-order valence-corrected chi connectivity index (χ4v) is 2.27. The third-order valence-electron chi connectivity index (χ3n) is 2.27. The van der Waals surface area contributed by atoms with E-state index >= 15 is 0 Å². The number of amides is 1. The van der Waals surface area contributed by atoms with Crippen molar-refractivity contribution in [2.45, 2.75) is 5.75 Å². The number of benzene rings is 1. The molecule has 0 bridgehead atoms. The standard InChI is InChI=1S/C12H16ClNO2S/c1-14(6-7-15)12(16)9-17-8-10-2-4-11(13)5-3-10/h2-5,15H,6-9H2,1H3. The molecule has 0 aromatic heterocycles. The molecule has 0 aliphatic carbocycles. The maximum atomic E-state index is 11.6. The van der Waals surface area contributed by atoms with Crippen LogP contribution in [0.3, 0.4) is 0 Å². The summed E-state index contributed by atoms with van der Waals surface area (Å²) >= 11 is 7.34. The van der Waals surface area contributed by atoms with Gasteiger partial charge in [-0.25, -0.2) is 0 Å². The van der Waals surface area contributed by atoms with E-state index in [1.54, 1.807) is 18.8 Å². The van der Waals surface area contributed by atoms with E-state index in [1.807, 2.05) is 24.3 Å². The number of nitrogens with zero attached hydrogens (tertiary/aromatic N) is 1. The molecular weight excluding hydrogens is 258 g/mol. The molecule has 1 aromatic carbocycles. The van der Waals surface area contributed by atoms with E-state index in [0.717, 1.165) is 16.3 Å². The minimum absolute atomic E-state index is 0.00406. The number of hydrogen-bond donors (Lipinski definition) is 1. The van der Waals surface area contributed by atoms with Gasteiger partial charge in [-0.2, -0.15) is 0 Å². The molecule has 5 heteroatoms. The van der Waals surface area contributed by atoms with Gasteiger partial charge in [0.25, 0.3) is 0 Å². The number of halogens is 1. The average Bonchev–Trinajstić information content (AvgIpc) is 2.32. The second-order valence-electron chi connectivity index (χ2n) is 3.66. The first-order valence-electron chi connectivity index (χ1n) is 5.30. The molecule has 1 N–H and O–H groups in total. The molecule has 0 fully saturated rings. The maximum Gasteiger partial charge on any atom is 0.232 e. The Morgan fingerprint density at radius 2 is 2.06 bits per heavy atom. The minimum Gasteiger partial charge on any atom is -0.395 e. The van der Waals surface area contributed by atoms with E-state index < -0.39 is 0 Å². The molecule has 0 saturated carbocycles. The Morgan fingerprint density at radius 1 is 1.41 bits per heavy atom. The van der Waals surface area contributed by atoms with Gasteiger partial charge in [0.2, 0.25) is 5.91 Å². The van der Waals surface area contributed by atoms with Crippen LogP contribution in [0.4, 0.5) is 0 Å². The molecule has 0 aliphatic rings. The first-order valence-corrected chi connectivity index (χ1v) is 6.83. The lowest BCUT2D eigenvalue weighted by atomic mass is 10.2. The van der Waals surface area contributed by atoms with Crippen LogP contribution in [0.2, 0.25) is 5.02 Å². The zero-order chi connectivity index (χ0) is 12.7. The Bertz CT molecular complexity index is 356. The van der Waals surface area contributed by atoms with E-state index in [1.165, 1.54) is 4.90 Å². The highest BCUT2D eigenvalue weighted by molar-refractivity contribution is 7.99. The number of carbonyl (C=O) groups excluding carboxylic acids is 1. The van der Waals surface area contributed by atoms with Crippen LogP contribution in [0.25, 0.3) is 0 Å². The molecule has 0 spiro atoms. The maximum absolute atomic E-state index is 11.6. The Kier molecular flexibility index (Phi) is 6.40. The van der Waals surface area contributed by atoms with Crippen LogP contribution in [0.5, 0.6) is 0 Å². The van der Waals surface area contributed by atoms with Crippen LogP contribution in [0, 0.1) is 0 Å². The van der Waals surface area contributed by atoms with Gasteiger partial charge in [-0.3, -0.25) is 4.79 Å². The number of hydrogen-bond acceptors (Lipinski definition) is 3. The zero-order valence-electron chi connectivity index (χ0n) is 9.73. The largest absolute Gasteiger partial charge is 0.395 e. The molecule has 1 aromatic rings. The Balaban J connectivity index is 2.28. The summed E-state index contributed by atoms with van der Waals surface area (Å²) in [4.78, 5) is 13.1. The topological polar surface area (TPSA) is 40.5 Å². The number of aliphatic hydroxyl groups is 1. The van der Waals surface area contributed by atoms with E-state index in [4.69, 9.17) is 16.7 Å². The lowest BCUT2D eigenvalue weighted by Gasteiger charge is -2.15. The highest BCUT2D eigenvalue weighted by Gasteiger charge is 2.07. The van der Waals surface area contributed by atoms with Crippen molar-refractivity contribution in [3.05, 3.63) is 34.9 Å². The number of rotatable bonds is 6. The summed E-state index contributed by atoms with van der Waals surface area (Å²) in [5, 5.41) is 9.42. The molecule has 1 amide bonds. The summed E-state index contributed by atoms with van der Waals surface area (Å²) in [6.45, 7) is 0.393. The summed E-state index contributed by atoms with van der Waals surface area (Å²) in [7, 11) is 1.70. The van der Waals surface area contributed by atoms with Crippen LogP contribution < -0.4 is 0 Å². The van der Waals surface area contributed by atoms with Gasteiger partial charge in [0.05, 0.1) is 12.4 Å². The Morgan fingerprint density at radius 3 is 2.65 bits per heavy atom. The third-order valence-corrected chi connectivity index (χ3v) is 3.51. The van der Waals surface area contributed by atoms with Crippen molar-refractivity contribution in [1.29, 1.82) is 0 Å². The van der Waals surface area contributed by atoms with Gasteiger partial charge in [0, 0.05) is 24.4 Å². The summed E-state index contributed by atoms with van der Waals surface area (Å²) in [5.41, 5.74) is 1.15. The lowest BCUT2D eigenvalue weighted by molar-refractivity contribution is -0.127. The number of likely N-dealkylation sites (N-methyl/N-ethyl adjacent to an activating group) is 1. The predicted molar refractivity (Wildman–Crippen MR) is 72.3 cm³/mol. The number of carbonyl (C=O) groups is 1. The first kappa shape index (κ1) is 14.4. The van der Waals surface area contributed by atoms with Crippen LogP contribution in [-0.4, -0.2) is 41.9 Å². The fourth-order valence-electron chi connectivity index (χ4n) is 1.22. The number of aliphatic hydroxyl groups excluding tert-OH is 1. The normalized spacial score (nSPS) is 10.3. The molecule has 94 valence electrons. The Hall–Kier alpha value is -0.710. The molecule has 1 rings (SSSR count). The van der Waals surface area contributed by atoms with E-state index in [2.05, 4.69) is 0 Å². The lowest BCUT2D eigenvalue weighted by Crippen LogP contribution is -2.30. The van der Waals surface area contributed by atoms with Crippen molar-refractivity contribution in [1.82, 2.24) is 4.90 Å². The van der Waals surface area contributed by atoms with Crippen LogP contribution >= 0.6 is 23.4 Å². The SMILES string of the molecule is CN(CCO)C(=O)CSCc1ccc(Cl)cc1. The summed E-state index contributed by atoms with van der Waals surface area (Å²) in [5.74, 6) is 1.26. The first-order chi connectivity index (χ1) is 8.13. The second kappa shape index (κ2) is 7.58. The molecule has 0 aliphatic heterocycles. The molecule has 3 nitrogen and oxygen atoms in total. The van der Waals surface area contributed by atoms with Gasteiger partial charge >= 0.3 is 0 Å². The smallest absolute Gasteiger partial charge is 0.232 e. The molecule has 0 heterocycles. The quantitative estimate of drug-likeness (QED) is 0.862. The number of thioether (sulfide) groups is 1. The molecule has 0 atom stereocenters. The van der Waals surface area contributed by atoms with Gasteiger partial charge in [0.1, 0.15) is 0 Å². The monoisotopic (exact) mass is 273 g/mol. The van der Waals surface area contributed by atoms with Crippen LogP contribution in [0.1, 0.15) is 5.56 Å². The highest BCUT2D eigenvalue weighted by Crippen LogP contribution is 2.15. The molecule has 0 radical (unpaired) electrons. The van der Waals surface area contributed by atoms with E-state index in [9.17, 15) is 4.79 Å². The Labute approximate surface area is 111 Å². The van der Waals surface area contributed by atoms with Crippen molar-refractivity contribution in [2.24, 2.45) is 0 Å². The molecule has 17 heavy (non-hydrogen) atoms. The average molecular weight is 274 g/mol. The third kappa shape index (κ3) is 5.44. The fraction of sp³-hybridized carbons (Fsp3) is 0.417. The van der Waals surface area contributed by atoms with Crippen molar-refractivity contribution < 1.29 is 9.90 Å². The van der Waals surface area contributed by atoms with E-state index in [0.29, 0.717) is 12.3 Å².